The van der Waals surface area contributed by atoms with Crippen molar-refractivity contribution in [3.8, 4) is 0 Å². The maximum absolute atomic E-state index is 11.4. The summed E-state index contributed by atoms with van der Waals surface area (Å²) in [6, 6.07) is 9.69. The minimum atomic E-state index is -0.822. The number of carbonyl (C=O) groups is 2. The lowest BCUT2D eigenvalue weighted by atomic mass is 10.1. The molecule has 1 atom stereocenters. The van der Waals surface area contributed by atoms with Gasteiger partial charge < -0.3 is 9.47 Å². The molecule has 4 nitrogen and oxygen atoms in total. The minimum Gasteiger partial charge on any atom is -0.466 e. The Morgan fingerprint density at radius 2 is 1.88 bits per heavy atom. The lowest BCUT2D eigenvalue weighted by Gasteiger charge is -2.14. The predicted molar refractivity (Wildman–Crippen MR) is 62.3 cm³/mol. The molecule has 0 spiro atoms. The molecule has 1 rings (SSSR count). The summed E-state index contributed by atoms with van der Waals surface area (Å²) < 4.78 is 9.50. The van der Waals surface area contributed by atoms with Crippen LogP contribution in [0.2, 0.25) is 0 Å². The Kier molecular flexibility index (Phi) is 5.20. The second kappa shape index (κ2) is 6.68. The first-order valence-electron chi connectivity index (χ1n) is 5.42. The quantitative estimate of drug-likeness (QED) is 0.730. The third-order valence-corrected chi connectivity index (χ3v) is 2.31. The van der Waals surface area contributed by atoms with E-state index in [1.54, 1.807) is 0 Å². The van der Waals surface area contributed by atoms with E-state index in [2.05, 4.69) is 4.74 Å². The van der Waals surface area contributed by atoms with E-state index in [-0.39, 0.29) is 0 Å². The van der Waals surface area contributed by atoms with Gasteiger partial charge in [0.25, 0.3) is 0 Å². The SMILES string of the molecule is COC(=O)[C@H](CCc1ccccc1)OC(C)=O. The van der Waals surface area contributed by atoms with Gasteiger partial charge in [0.15, 0.2) is 6.10 Å². The fraction of sp³-hybridized carbons (Fsp3) is 0.385. The van der Waals surface area contributed by atoms with Crippen molar-refractivity contribution in [2.45, 2.75) is 25.9 Å². The normalized spacial score (nSPS) is 11.6. The maximum atomic E-state index is 11.4. The van der Waals surface area contributed by atoms with Crippen molar-refractivity contribution in [3.63, 3.8) is 0 Å². The van der Waals surface area contributed by atoms with Crippen molar-refractivity contribution >= 4 is 11.9 Å². The van der Waals surface area contributed by atoms with Crippen LogP contribution in [0.3, 0.4) is 0 Å². The summed E-state index contributed by atoms with van der Waals surface area (Å²) in [5.41, 5.74) is 1.09. The smallest absolute Gasteiger partial charge is 0.347 e. The molecule has 0 bridgehead atoms. The molecule has 4 heteroatoms. The van der Waals surface area contributed by atoms with Gasteiger partial charge in [0, 0.05) is 6.92 Å². The summed E-state index contributed by atoms with van der Waals surface area (Å²) in [5, 5.41) is 0. The fourth-order valence-electron chi connectivity index (χ4n) is 1.50. The molecule has 0 aliphatic carbocycles. The van der Waals surface area contributed by atoms with Crippen molar-refractivity contribution in [3.05, 3.63) is 35.9 Å². The Morgan fingerprint density at radius 3 is 2.41 bits per heavy atom. The standard InChI is InChI=1S/C13H16O4/c1-10(14)17-12(13(15)16-2)9-8-11-6-4-3-5-7-11/h3-7,12H,8-9H2,1-2H3/t12-/m0/s1. The molecule has 17 heavy (non-hydrogen) atoms. The first-order valence-corrected chi connectivity index (χ1v) is 5.42. The van der Waals surface area contributed by atoms with Crippen molar-refractivity contribution in [1.29, 1.82) is 0 Å². The summed E-state index contributed by atoms with van der Waals surface area (Å²) in [5.74, 6) is -0.996. The van der Waals surface area contributed by atoms with E-state index in [1.165, 1.54) is 14.0 Å². The Labute approximate surface area is 101 Å². The van der Waals surface area contributed by atoms with Crippen LogP contribution in [0.15, 0.2) is 30.3 Å². The number of hydrogen-bond acceptors (Lipinski definition) is 4. The largest absolute Gasteiger partial charge is 0.466 e. The number of hydrogen-bond donors (Lipinski definition) is 0. The summed E-state index contributed by atoms with van der Waals surface area (Å²) in [7, 11) is 1.28. The Hall–Kier alpha value is -1.84. The molecule has 0 N–H and O–H groups in total. The fourth-order valence-corrected chi connectivity index (χ4v) is 1.50. The van der Waals surface area contributed by atoms with Crippen LogP contribution in [-0.4, -0.2) is 25.2 Å². The number of methoxy groups -OCH3 is 1. The molecule has 1 aromatic carbocycles. The highest BCUT2D eigenvalue weighted by atomic mass is 16.6. The molecule has 0 aromatic heterocycles. The minimum absolute atomic E-state index is 0.427. The topological polar surface area (TPSA) is 52.6 Å². The van der Waals surface area contributed by atoms with Crippen LogP contribution in [0, 0.1) is 0 Å². The molecule has 0 saturated carbocycles. The average molecular weight is 236 g/mol. The number of ether oxygens (including phenoxy) is 2. The molecule has 0 unspecified atom stereocenters. The molecule has 0 saturated heterocycles. The van der Waals surface area contributed by atoms with Crippen molar-refractivity contribution < 1.29 is 19.1 Å². The van der Waals surface area contributed by atoms with Crippen LogP contribution < -0.4 is 0 Å². The van der Waals surface area contributed by atoms with E-state index >= 15 is 0 Å². The monoisotopic (exact) mass is 236 g/mol. The Morgan fingerprint density at radius 1 is 1.24 bits per heavy atom. The molecule has 0 aliphatic rings. The van der Waals surface area contributed by atoms with Gasteiger partial charge in [0.1, 0.15) is 0 Å². The Bertz CT molecular complexity index is 372. The van der Waals surface area contributed by atoms with Crippen molar-refractivity contribution in [2.24, 2.45) is 0 Å². The third kappa shape index (κ3) is 4.68. The van der Waals surface area contributed by atoms with E-state index in [0.29, 0.717) is 12.8 Å². The Balaban J connectivity index is 2.55. The van der Waals surface area contributed by atoms with Crippen LogP contribution in [0.1, 0.15) is 18.9 Å². The third-order valence-electron chi connectivity index (χ3n) is 2.31. The van der Waals surface area contributed by atoms with Crippen molar-refractivity contribution in [1.82, 2.24) is 0 Å². The van der Waals surface area contributed by atoms with Gasteiger partial charge >= 0.3 is 11.9 Å². The van der Waals surface area contributed by atoms with Crippen LogP contribution in [-0.2, 0) is 25.5 Å². The van der Waals surface area contributed by atoms with E-state index in [1.807, 2.05) is 30.3 Å². The molecular weight excluding hydrogens is 220 g/mol. The maximum Gasteiger partial charge on any atom is 0.347 e. The lowest BCUT2D eigenvalue weighted by Crippen LogP contribution is -2.28. The second-order valence-corrected chi connectivity index (χ2v) is 3.65. The predicted octanol–water partition coefficient (Wildman–Crippen LogP) is 1.72. The zero-order chi connectivity index (χ0) is 12.7. The second-order valence-electron chi connectivity index (χ2n) is 3.65. The molecule has 0 fully saturated rings. The van der Waals surface area contributed by atoms with Crippen molar-refractivity contribution in [2.75, 3.05) is 7.11 Å². The van der Waals surface area contributed by atoms with Gasteiger partial charge in [0.2, 0.25) is 0 Å². The van der Waals surface area contributed by atoms with Crippen LogP contribution >= 0.6 is 0 Å². The van der Waals surface area contributed by atoms with Gasteiger partial charge in [-0.05, 0) is 18.4 Å². The molecule has 0 heterocycles. The summed E-state index contributed by atoms with van der Waals surface area (Å²) in [6.45, 7) is 1.28. The van der Waals surface area contributed by atoms with E-state index in [0.717, 1.165) is 5.56 Å². The zero-order valence-corrected chi connectivity index (χ0v) is 10.0. The van der Waals surface area contributed by atoms with Gasteiger partial charge in [-0.1, -0.05) is 30.3 Å². The summed E-state index contributed by atoms with van der Waals surface area (Å²) in [4.78, 5) is 22.2. The molecule has 0 radical (unpaired) electrons. The molecule has 92 valence electrons. The number of aryl methyl sites for hydroxylation is 1. The number of rotatable bonds is 5. The molecular formula is C13H16O4. The van der Waals surface area contributed by atoms with Gasteiger partial charge in [-0.3, -0.25) is 4.79 Å². The van der Waals surface area contributed by atoms with E-state index < -0.39 is 18.0 Å². The first-order chi connectivity index (χ1) is 8.13. The summed E-state index contributed by atoms with van der Waals surface area (Å²) >= 11 is 0. The van der Waals surface area contributed by atoms with Gasteiger partial charge in [0.05, 0.1) is 7.11 Å². The highest BCUT2D eigenvalue weighted by Gasteiger charge is 2.21. The number of benzene rings is 1. The van der Waals surface area contributed by atoms with Gasteiger partial charge in [-0.25, -0.2) is 4.79 Å². The van der Waals surface area contributed by atoms with Crippen LogP contribution in [0.4, 0.5) is 0 Å². The molecule has 0 amide bonds. The van der Waals surface area contributed by atoms with E-state index in [9.17, 15) is 9.59 Å². The highest BCUT2D eigenvalue weighted by Crippen LogP contribution is 2.09. The van der Waals surface area contributed by atoms with Crippen LogP contribution in [0.5, 0.6) is 0 Å². The van der Waals surface area contributed by atoms with Gasteiger partial charge in [-0.2, -0.15) is 0 Å². The first kappa shape index (κ1) is 13.2. The van der Waals surface area contributed by atoms with E-state index in [4.69, 9.17) is 4.74 Å². The van der Waals surface area contributed by atoms with Crippen LogP contribution in [0.25, 0.3) is 0 Å². The number of carbonyl (C=O) groups excluding carboxylic acids is 2. The number of esters is 2. The average Bonchev–Trinajstić information content (AvgIpc) is 2.34. The highest BCUT2D eigenvalue weighted by molar-refractivity contribution is 5.78. The zero-order valence-electron chi connectivity index (χ0n) is 10.0. The van der Waals surface area contributed by atoms with Gasteiger partial charge in [-0.15, -0.1) is 0 Å². The molecule has 1 aromatic rings. The molecule has 0 aliphatic heterocycles. The summed E-state index contributed by atoms with van der Waals surface area (Å²) in [6.07, 6.45) is 0.266. The lowest BCUT2D eigenvalue weighted by molar-refractivity contribution is -0.165.